The van der Waals surface area contributed by atoms with Crippen molar-refractivity contribution in [3.63, 3.8) is 0 Å². The van der Waals surface area contributed by atoms with Crippen LogP contribution in [0.2, 0.25) is 0 Å². The van der Waals surface area contributed by atoms with Crippen LogP contribution in [-0.4, -0.2) is 10.9 Å². The van der Waals surface area contributed by atoms with E-state index in [-0.39, 0.29) is 18.2 Å². The molecule has 3 rings (SSSR count). The number of aryl methyl sites for hydroxylation is 1. The molecule has 0 saturated carbocycles. The number of aromatic amines is 1. The molecule has 0 saturated heterocycles. The molecule has 0 atom stereocenters. The molecule has 0 bridgehead atoms. The van der Waals surface area contributed by atoms with E-state index in [4.69, 9.17) is 4.74 Å². The van der Waals surface area contributed by atoms with Crippen LogP contribution in [0, 0.1) is 12.7 Å². The Hall–Kier alpha value is -3.29. The third-order valence-electron chi connectivity index (χ3n) is 4.09. The lowest BCUT2D eigenvalue weighted by atomic mass is 10.1. The van der Waals surface area contributed by atoms with E-state index in [0.717, 1.165) is 23.4 Å². The first-order valence-corrected chi connectivity index (χ1v) is 8.25. The van der Waals surface area contributed by atoms with Crippen molar-refractivity contribution in [1.82, 2.24) is 10.3 Å². The maximum Gasteiger partial charge on any atom is 0.419 e. The summed E-state index contributed by atoms with van der Waals surface area (Å²) in [7, 11) is 0. The lowest BCUT2D eigenvalue weighted by Crippen LogP contribution is -2.20. The van der Waals surface area contributed by atoms with Crippen LogP contribution in [0.1, 0.15) is 16.8 Å². The van der Waals surface area contributed by atoms with Crippen LogP contribution in [0.25, 0.3) is 10.9 Å². The van der Waals surface area contributed by atoms with Crippen LogP contribution in [-0.2, 0) is 17.5 Å². The van der Waals surface area contributed by atoms with E-state index < -0.39 is 17.6 Å². The predicted octanol–water partition coefficient (Wildman–Crippen LogP) is 5.23. The number of rotatable bonds is 5. The number of amides is 1. The Labute approximate surface area is 157 Å². The normalized spacial score (nSPS) is 11.5. The summed E-state index contributed by atoms with van der Waals surface area (Å²) in [5, 5.41) is 3.33. The highest BCUT2D eigenvalue weighted by Gasteiger charge is 2.34. The first-order chi connectivity index (χ1) is 13.2. The number of halogens is 4. The van der Waals surface area contributed by atoms with Gasteiger partial charge in [-0.3, -0.25) is 4.79 Å². The zero-order valence-corrected chi connectivity index (χ0v) is 14.8. The minimum Gasteiger partial charge on any atom is -0.457 e. The number of hydrogen-bond acceptors (Lipinski definition) is 2. The Morgan fingerprint density at radius 3 is 2.64 bits per heavy atom. The number of fused-ring (bicyclic) bond motifs is 1. The molecule has 146 valence electrons. The molecule has 2 aromatic carbocycles. The smallest absolute Gasteiger partial charge is 0.419 e. The van der Waals surface area contributed by atoms with Crippen molar-refractivity contribution in [2.75, 3.05) is 0 Å². The van der Waals surface area contributed by atoms with Gasteiger partial charge in [-0.2, -0.15) is 13.2 Å². The highest BCUT2D eigenvalue weighted by molar-refractivity contribution is 5.91. The van der Waals surface area contributed by atoms with Gasteiger partial charge < -0.3 is 15.0 Å². The zero-order valence-electron chi connectivity index (χ0n) is 14.8. The van der Waals surface area contributed by atoms with Crippen molar-refractivity contribution in [2.45, 2.75) is 19.6 Å². The number of H-pyrrole nitrogens is 1. The molecule has 0 aliphatic rings. The average Bonchev–Trinajstić information content (AvgIpc) is 3.01. The van der Waals surface area contributed by atoms with E-state index >= 15 is 0 Å². The largest absolute Gasteiger partial charge is 0.457 e. The number of aromatic nitrogens is 1. The van der Waals surface area contributed by atoms with Crippen molar-refractivity contribution in [2.24, 2.45) is 0 Å². The summed E-state index contributed by atoms with van der Waals surface area (Å²) in [6.07, 6.45) is -3.61. The second-order valence-corrected chi connectivity index (χ2v) is 6.13. The summed E-state index contributed by atoms with van der Waals surface area (Å²) in [6, 6.07) is 7.52. The van der Waals surface area contributed by atoms with E-state index in [1.54, 1.807) is 18.2 Å². The minimum absolute atomic E-state index is 0.0571. The molecule has 0 radical (unpaired) electrons. The zero-order chi connectivity index (χ0) is 20.5. The highest BCUT2D eigenvalue weighted by atomic mass is 19.4. The van der Waals surface area contributed by atoms with E-state index in [1.165, 1.54) is 0 Å². The SMILES string of the molecule is C=CC(=O)NCc1ccc(Oc2ccc(C(F)(F)F)c(F)c2)c2cc(C)[nH]c12. The van der Waals surface area contributed by atoms with Gasteiger partial charge >= 0.3 is 6.18 Å². The molecular formula is C20H16F4N2O2. The summed E-state index contributed by atoms with van der Waals surface area (Å²) in [4.78, 5) is 14.5. The topological polar surface area (TPSA) is 54.1 Å². The molecule has 1 aromatic heterocycles. The standard InChI is InChI=1S/C20H16F4N2O2/c1-3-18(27)25-10-12-4-7-17(14-8-11(2)26-19(12)14)28-13-5-6-15(16(21)9-13)20(22,23)24/h3-9,26H,1,10H2,2H3,(H,25,27). The molecule has 1 heterocycles. The molecule has 0 fully saturated rings. The molecule has 0 unspecified atom stereocenters. The lowest BCUT2D eigenvalue weighted by Gasteiger charge is -2.12. The summed E-state index contributed by atoms with van der Waals surface area (Å²) in [5.74, 6) is -1.44. The van der Waals surface area contributed by atoms with Crippen molar-refractivity contribution < 1.29 is 27.1 Å². The number of nitrogens with one attached hydrogen (secondary N) is 2. The van der Waals surface area contributed by atoms with Crippen molar-refractivity contribution in [3.8, 4) is 11.5 Å². The molecular weight excluding hydrogens is 376 g/mol. The number of alkyl halides is 3. The van der Waals surface area contributed by atoms with Crippen LogP contribution in [0.5, 0.6) is 11.5 Å². The van der Waals surface area contributed by atoms with Gasteiger partial charge in [0.1, 0.15) is 17.3 Å². The van der Waals surface area contributed by atoms with Gasteiger partial charge in [0.2, 0.25) is 5.91 Å². The summed E-state index contributed by atoms with van der Waals surface area (Å²) in [5.41, 5.74) is 0.952. The minimum atomic E-state index is -4.77. The Morgan fingerprint density at radius 2 is 2.00 bits per heavy atom. The third kappa shape index (κ3) is 4.00. The van der Waals surface area contributed by atoms with Gasteiger partial charge in [0.15, 0.2) is 0 Å². The Kier molecular flexibility index (Phi) is 5.13. The van der Waals surface area contributed by atoms with E-state index in [1.807, 2.05) is 6.92 Å². The van der Waals surface area contributed by atoms with Gasteiger partial charge in [-0.1, -0.05) is 12.6 Å². The molecule has 28 heavy (non-hydrogen) atoms. The Morgan fingerprint density at radius 1 is 1.25 bits per heavy atom. The second kappa shape index (κ2) is 7.38. The molecule has 0 aliphatic heterocycles. The van der Waals surface area contributed by atoms with Crippen molar-refractivity contribution in [3.05, 3.63) is 71.7 Å². The monoisotopic (exact) mass is 392 g/mol. The average molecular weight is 392 g/mol. The molecule has 1 amide bonds. The van der Waals surface area contributed by atoms with E-state index in [0.29, 0.717) is 28.8 Å². The van der Waals surface area contributed by atoms with Gasteiger partial charge in [-0.25, -0.2) is 4.39 Å². The van der Waals surface area contributed by atoms with Crippen LogP contribution in [0.3, 0.4) is 0 Å². The fourth-order valence-electron chi connectivity index (χ4n) is 2.79. The molecule has 0 aliphatic carbocycles. The second-order valence-electron chi connectivity index (χ2n) is 6.13. The summed E-state index contributed by atoms with van der Waals surface area (Å²) < 4.78 is 57.5. The Balaban J connectivity index is 1.93. The van der Waals surface area contributed by atoms with Gasteiger partial charge in [0.05, 0.1) is 11.1 Å². The molecule has 2 N–H and O–H groups in total. The van der Waals surface area contributed by atoms with Gasteiger partial charge in [0, 0.05) is 23.7 Å². The summed E-state index contributed by atoms with van der Waals surface area (Å²) in [6.45, 7) is 5.46. The van der Waals surface area contributed by atoms with Gasteiger partial charge in [-0.15, -0.1) is 0 Å². The number of ether oxygens (including phenoxy) is 1. The van der Waals surface area contributed by atoms with Crippen molar-refractivity contribution in [1.29, 1.82) is 0 Å². The third-order valence-corrected chi connectivity index (χ3v) is 4.09. The Bertz CT molecular complexity index is 1050. The number of benzene rings is 2. The highest BCUT2D eigenvalue weighted by Crippen LogP contribution is 2.36. The maximum absolute atomic E-state index is 13.8. The number of hydrogen-bond donors (Lipinski definition) is 2. The van der Waals surface area contributed by atoms with E-state index in [2.05, 4.69) is 16.9 Å². The first-order valence-electron chi connectivity index (χ1n) is 8.25. The number of carbonyl (C=O) groups is 1. The van der Waals surface area contributed by atoms with E-state index in [9.17, 15) is 22.4 Å². The fourth-order valence-corrected chi connectivity index (χ4v) is 2.79. The van der Waals surface area contributed by atoms with Crippen LogP contribution in [0.15, 0.2) is 49.1 Å². The molecule has 3 aromatic rings. The fraction of sp³-hybridized carbons (Fsp3) is 0.150. The molecule has 0 spiro atoms. The number of carbonyl (C=O) groups excluding carboxylic acids is 1. The first kappa shape index (κ1) is 19.5. The van der Waals surface area contributed by atoms with Crippen LogP contribution in [0.4, 0.5) is 17.6 Å². The van der Waals surface area contributed by atoms with Gasteiger partial charge in [-0.05, 0) is 42.8 Å². The lowest BCUT2D eigenvalue weighted by molar-refractivity contribution is -0.140. The molecule has 4 nitrogen and oxygen atoms in total. The van der Waals surface area contributed by atoms with Gasteiger partial charge in [0.25, 0.3) is 0 Å². The predicted molar refractivity (Wildman–Crippen MR) is 96.6 cm³/mol. The van der Waals surface area contributed by atoms with Crippen molar-refractivity contribution >= 4 is 16.8 Å². The van der Waals surface area contributed by atoms with Crippen LogP contribution >= 0.6 is 0 Å². The summed E-state index contributed by atoms with van der Waals surface area (Å²) >= 11 is 0. The quantitative estimate of drug-likeness (QED) is 0.462. The maximum atomic E-state index is 13.8. The van der Waals surface area contributed by atoms with Crippen LogP contribution < -0.4 is 10.1 Å². The molecule has 8 heteroatoms.